The van der Waals surface area contributed by atoms with Crippen LogP contribution in [0.15, 0.2) is 41.4 Å². The average Bonchev–Trinajstić information content (AvgIpc) is 2.28. The molecular weight excluding hydrogens is 304 g/mol. The SMILES string of the molecule is CC(C)(c1ccccc1)C(/C=C/Br)O[Si](C)(C)C. The minimum absolute atomic E-state index is 0.0359. The highest BCUT2D eigenvalue weighted by atomic mass is 79.9. The van der Waals surface area contributed by atoms with Gasteiger partial charge in [-0.05, 0) is 36.3 Å². The molecule has 0 saturated heterocycles. The Balaban J connectivity index is 3.04. The molecule has 1 unspecified atom stereocenters. The topological polar surface area (TPSA) is 9.23 Å². The maximum absolute atomic E-state index is 6.32. The van der Waals surface area contributed by atoms with E-state index in [-0.39, 0.29) is 11.5 Å². The third-order valence-corrected chi connectivity index (χ3v) is 4.22. The van der Waals surface area contributed by atoms with Crippen molar-refractivity contribution >= 4 is 24.2 Å². The van der Waals surface area contributed by atoms with Crippen LogP contribution in [0.1, 0.15) is 19.4 Å². The van der Waals surface area contributed by atoms with Crippen molar-refractivity contribution in [1.29, 1.82) is 0 Å². The summed E-state index contributed by atoms with van der Waals surface area (Å²) in [6.45, 7) is 11.1. The van der Waals surface area contributed by atoms with Gasteiger partial charge in [0.2, 0.25) is 0 Å². The van der Waals surface area contributed by atoms with E-state index in [1.54, 1.807) is 0 Å². The Morgan fingerprint density at radius 1 is 1.17 bits per heavy atom. The van der Waals surface area contributed by atoms with Crippen molar-refractivity contribution in [3.63, 3.8) is 0 Å². The molecule has 0 bridgehead atoms. The molecule has 3 heteroatoms. The summed E-state index contributed by atoms with van der Waals surface area (Å²) in [5.74, 6) is 0. The lowest BCUT2D eigenvalue weighted by Gasteiger charge is -2.37. The molecule has 1 rings (SSSR count). The Morgan fingerprint density at radius 2 is 1.72 bits per heavy atom. The lowest BCUT2D eigenvalue weighted by atomic mass is 9.79. The van der Waals surface area contributed by atoms with Crippen LogP contribution >= 0.6 is 15.9 Å². The van der Waals surface area contributed by atoms with Crippen LogP contribution in [0.4, 0.5) is 0 Å². The number of hydrogen-bond donors (Lipinski definition) is 0. The second kappa shape index (κ2) is 6.18. The van der Waals surface area contributed by atoms with E-state index in [0.717, 1.165) is 0 Å². The van der Waals surface area contributed by atoms with Gasteiger partial charge < -0.3 is 4.43 Å². The zero-order valence-electron chi connectivity index (χ0n) is 11.9. The quantitative estimate of drug-likeness (QED) is 0.684. The fourth-order valence-electron chi connectivity index (χ4n) is 1.91. The van der Waals surface area contributed by atoms with Gasteiger partial charge in [-0.3, -0.25) is 0 Å². The highest BCUT2D eigenvalue weighted by Gasteiger charge is 2.33. The molecule has 1 atom stereocenters. The number of benzene rings is 1. The van der Waals surface area contributed by atoms with Crippen LogP contribution in [-0.2, 0) is 9.84 Å². The third-order valence-electron chi connectivity index (χ3n) is 2.96. The zero-order valence-corrected chi connectivity index (χ0v) is 14.5. The van der Waals surface area contributed by atoms with E-state index in [4.69, 9.17) is 4.43 Å². The van der Waals surface area contributed by atoms with E-state index in [1.165, 1.54) is 5.56 Å². The summed E-state index contributed by atoms with van der Waals surface area (Å²) >= 11 is 3.38. The van der Waals surface area contributed by atoms with Gasteiger partial charge in [0.15, 0.2) is 8.32 Å². The van der Waals surface area contributed by atoms with Crippen molar-refractivity contribution in [2.75, 3.05) is 0 Å². The van der Waals surface area contributed by atoms with Gasteiger partial charge >= 0.3 is 0 Å². The minimum Gasteiger partial charge on any atom is -0.410 e. The van der Waals surface area contributed by atoms with Gasteiger partial charge in [0, 0.05) is 5.41 Å². The second-order valence-electron chi connectivity index (χ2n) is 6.06. The molecule has 0 aliphatic heterocycles. The van der Waals surface area contributed by atoms with Crippen LogP contribution in [0.5, 0.6) is 0 Å². The van der Waals surface area contributed by atoms with Gasteiger partial charge in [-0.15, -0.1) is 0 Å². The van der Waals surface area contributed by atoms with E-state index in [0.29, 0.717) is 0 Å². The molecule has 0 spiro atoms. The number of halogens is 1. The number of hydrogen-bond acceptors (Lipinski definition) is 1. The van der Waals surface area contributed by atoms with Crippen LogP contribution in [-0.4, -0.2) is 14.4 Å². The Hall–Kier alpha value is -0.383. The van der Waals surface area contributed by atoms with Gasteiger partial charge in [-0.1, -0.05) is 60.1 Å². The first kappa shape index (κ1) is 15.7. The first-order valence-corrected chi connectivity index (χ1v) is 10.6. The van der Waals surface area contributed by atoms with E-state index in [1.807, 2.05) is 11.1 Å². The Kier molecular flexibility index (Phi) is 5.38. The van der Waals surface area contributed by atoms with Crippen molar-refractivity contribution in [2.24, 2.45) is 0 Å². The zero-order chi connectivity index (χ0) is 13.8. The van der Waals surface area contributed by atoms with Crippen LogP contribution in [0.25, 0.3) is 0 Å². The van der Waals surface area contributed by atoms with Crippen molar-refractivity contribution in [3.8, 4) is 0 Å². The standard InChI is InChI=1S/C15H23BrOSi/c1-15(2,13-9-7-6-8-10-13)14(11-12-16)17-18(3,4)5/h6-12,14H,1-5H3/b12-11+. The largest absolute Gasteiger partial charge is 0.410 e. The highest BCUT2D eigenvalue weighted by Crippen LogP contribution is 2.31. The second-order valence-corrected chi connectivity index (χ2v) is 11.0. The molecule has 0 N–H and O–H groups in total. The van der Waals surface area contributed by atoms with Crippen molar-refractivity contribution in [1.82, 2.24) is 0 Å². The molecule has 0 aromatic heterocycles. The average molecular weight is 327 g/mol. The molecule has 0 saturated carbocycles. The van der Waals surface area contributed by atoms with Gasteiger partial charge in [-0.2, -0.15) is 0 Å². The van der Waals surface area contributed by atoms with Crippen LogP contribution < -0.4 is 0 Å². The fourth-order valence-corrected chi connectivity index (χ4v) is 3.32. The van der Waals surface area contributed by atoms with Crippen LogP contribution in [0.3, 0.4) is 0 Å². The van der Waals surface area contributed by atoms with Crippen molar-refractivity contribution in [3.05, 3.63) is 47.0 Å². The Morgan fingerprint density at radius 3 is 2.17 bits per heavy atom. The highest BCUT2D eigenvalue weighted by molar-refractivity contribution is 9.11. The Bertz CT molecular complexity index is 393. The predicted molar refractivity (Wildman–Crippen MR) is 85.8 cm³/mol. The molecule has 1 aromatic rings. The van der Waals surface area contributed by atoms with Crippen LogP contribution in [0.2, 0.25) is 19.6 Å². The summed E-state index contributed by atoms with van der Waals surface area (Å²) in [4.78, 5) is 1.91. The van der Waals surface area contributed by atoms with Gasteiger partial charge in [0.05, 0.1) is 6.10 Å². The van der Waals surface area contributed by atoms with E-state index >= 15 is 0 Å². The molecule has 0 heterocycles. The molecule has 0 amide bonds. The first-order chi connectivity index (χ1) is 8.27. The Labute approximate surface area is 121 Å². The molecule has 0 aliphatic rings. The fraction of sp³-hybridized carbons (Fsp3) is 0.467. The van der Waals surface area contributed by atoms with Gasteiger partial charge in [0.1, 0.15) is 0 Å². The predicted octanol–water partition coefficient (Wildman–Crippen LogP) is 5.09. The molecule has 0 fully saturated rings. The number of rotatable bonds is 5. The maximum atomic E-state index is 6.32. The summed E-state index contributed by atoms with van der Waals surface area (Å²) in [6, 6.07) is 10.6. The van der Waals surface area contributed by atoms with Gasteiger partial charge in [0.25, 0.3) is 0 Å². The van der Waals surface area contributed by atoms with Crippen molar-refractivity contribution < 1.29 is 4.43 Å². The monoisotopic (exact) mass is 326 g/mol. The molecule has 1 nitrogen and oxygen atoms in total. The maximum Gasteiger partial charge on any atom is 0.184 e. The smallest absolute Gasteiger partial charge is 0.184 e. The van der Waals surface area contributed by atoms with Crippen LogP contribution in [0, 0.1) is 0 Å². The first-order valence-electron chi connectivity index (χ1n) is 6.27. The van der Waals surface area contributed by atoms with E-state index in [2.05, 4.69) is 79.8 Å². The lowest BCUT2D eigenvalue weighted by Crippen LogP contribution is -2.41. The minimum atomic E-state index is -1.57. The summed E-state index contributed by atoms with van der Waals surface area (Å²) < 4.78 is 6.32. The molecular formula is C15H23BrOSi. The molecule has 0 aliphatic carbocycles. The molecule has 18 heavy (non-hydrogen) atoms. The normalized spacial score (nSPS) is 15.0. The molecule has 1 aromatic carbocycles. The molecule has 100 valence electrons. The summed E-state index contributed by atoms with van der Waals surface area (Å²) in [5.41, 5.74) is 1.27. The summed E-state index contributed by atoms with van der Waals surface area (Å²) in [6.07, 6.45) is 2.19. The van der Waals surface area contributed by atoms with E-state index < -0.39 is 8.32 Å². The molecule has 0 radical (unpaired) electrons. The third kappa shape index (κ3) is 4.37. The lowest BCUT2D eigenvalue weighted by molar-refractivity contribution is 0.162. The van der Waals surface area contributed by atoms with Crippen molar-refractivity contribution in [2.45, 2.75) is 45.0 Å². The summed E-state index contributed by atoms with van der Waals surface area (Å²) in [7, 11) is -1.57. The van der Waals surface area contributed by atoms with Gasteiger partial charge in [-0.25, -0.2) is 0 Å². The summed E-state index contributed by atoms with van der Waals surface area (Å²) in [5, 5.41) is 0. The van der Waals surface area contributed by atoms with E-state index in [9.17, 15) is 0 Å².